The van der Waals surface area contributed by atoms with Gasteiger partial charge in [0, 0.05) is 43.8 Å². The van der Waals surface area contributed by atoms with Crippen LogP contribution in [0.2, 0.25) is 5.02 Å². The molecule has 0 atom stereocenters. The second-order valence-corrected chi connectivity index (χ2v) is 8.98. The molecule has 1 heterocycles. The molecule has 0 radical (unpaired) electrons. The molecule has 0 bridgehead atoms. The third kappa shape index (κ3) is 6.72. The number of carboxylic acids is 2. The van der Waals surface area contributed by atoms with Crippen molar-refractivity contribution in [3.63, 3.8) is 0 Å². The van der Waals surface area contributed by atoms with Gasteiger partial charge >= 0.3 is 11.9 Å². The van der Waals surface area contributed by atoms with E-state index < -0.39 is 32.6 Å². The average molecular weight is 486 g/mol. The van der Waals surface area contributed by atoms with Crippen LogP contribution in [-0.4, -0.2) is 70.9 Å². The van der Waals surface area contributed by atoms with Crippen LogP contribution < -0.4 is 0 Å². The molecular formula is C19H20ClN3O8S. The predicted molar refractivity (Wildman–Crippen MR) is 114 cm³/mol. The number of piperazine rings is 1. The minimum Gasteiger partial charge on any atom is -0.473 e. The van der Waals surface area contributed by atoms with Crippen molar-refractivity contribution in [2.75, 3.05) is 26.2 Å². The van der Waals surface area contributed by atoms with Crippen molar-refractivity contribution < 1.29 is 33.1 Å². The van der Waals surface area contributed by atoms with Crippen molar-refractivity contribution in [3.05, 3.63) is 69.2 Å². The molecule has 2 N–H and O–H groups in total. The Morgan fingerprint density at radius 3 is 2.00 bits per heavy atom. The van der Waals surface area contributed by atoms with E-state index in [-0.39, 0.29) is 4.90 Å². The van der Waals surface area contributed by atoms with Gasteiger partial charge in [0.2, 0.25) is 10.0 Å². The Hall–Kier alpha value is -3.06. The number of nitrogens with zero attached hydrogens (tertiary/aromatic N) is 3. The number of hydrogen-bond donors (Lipinski definition) is 2. The maximum Gasteiger partial charge on any atom is 0.414 e. The number of carboxylic acid groups (broad SMARTS) is 2. The molecule has 1 aliphatic rings. The maximum absolute atomic E-state index is 12.8. The van der Waals surface area contributed by atoms with Crippen molar-refractivity contribution in [3.8, 4) is 0 Å². The lowest BCUT2D eigenvalue weighted by atomic mass is 10.2. The molecule has 0 aromatic heterocycles. The average Bonchev–Trinajstić information content (AvgIpc) is 2.76. The van der Waals surface area contributed by atoms with Gasteiger partial charge in [-0.1, -0.05) is 35.9 Å². The summed E-state index contributed by atoms with van der Waals surface area (Å²) in [4.78, 5) is 30.6. The minimum absolute atomic E-state index is 0.254. The summed E-state index contributed by atoms with van der Waals surface area (Å²) < 4.78 is 26.9. The number of halogens is 1. The highest BCUT2D eigenvalue weighted by Crippen LogP contribution is 2.27. The molecule has 32 heavy (non-hydrogen) atoms. The largest absolute Gasteiger partial charge is 0.473 e. The highest BCUT2D eigenvalue weighted by Gasteiger charge is 2.33. The van der Waals surface area contributed by atoms with Crippen LogP contribution in [0.25, 0.3) is 0 Å². The van der Waals surface area contributed by atoms with Crippen LogP contribution in [0.15, 0.2) is 53.4 Å². The van der Waals surface area contributed by atoms with Gasteiger partial charge in [-0.3, -0.25) is 15.0 Å². The van der Waals surface area contributed by atoms with Crippen molar-refractivity contribution in [1.29, 1.82) is 0 Å². The third-order valence-electron chi connectivity index (χ3n) is 4.51. The van der Waals surface area contributed by atoms with Gasteiger partial charge in [-0.25, -0.2) is 18.0 Å². The summed E-state index contributed by atoms with van der Waals surface area (Å²) in [6.45, 7) is 2.41. The number of nitro groups is 1. The quantitative estimate of drug-likeness (QED) is 0.366. The predicted octanol–water partition coefficient (Wildman–Crippen LogP) is 1.91. The number of carbonyl (C=O) groups is 2. The van der Waals surface area contributed by atoms with Gasteiger partial charge < -0.3 is 10.2 Å². The number of hydrogen-bond acceptors (Lipinski definition) is 7. The highest BCUT2D eigenvalue weighted by atomic mass is 35.5. The number of sulfonamides is 1. The van der Waals surface area contributed by atoms with E-state index in [0.29, 0.717) is 37.7 Å². The van der Waals surface area contributed by atoms with Gasteiger partial charge in [-0.2, -0.15) is 4.31 Å². The number of rotatable bonds is 5. The van der Waals surface area contributed by atoms with E-state index in [1.165, 1.54) is 28.6 Å². The Morgan fingerprint density at radius 2 is 1.50 bits per heavy atom. The molecule has 0 amide bonds. The SMILES string of the molecule is O=C(O)C(=O)O.O=[N+]([O-])c1ccccc1S(=O)(=O)N1CCN(Cc2ccc(Cl)cc2)CC1. The molecule has 0 unspecified atom stereocenters. The summed E-state index contributed by atoms with van der Waals surface area (Å²) in [6.07, 6.45) is 0. The molecule has 2 aromatic carbocycles. The molecule has 1 aliphatic heterocycles. The lowest BCUT2D eigenvalue weighted by Crippen LogP contribution is -2.48. The van der Waals surface area contributed by atoms with Crippen molar-refractivity contribution in [2.24, 2.45) is 0 Å². The fraction of sp³-hybridized carbons (Fsp3) is 0.263. The van der Waals surface area contributed by atoms with E-state index in [4.69, 9.17) is 31.4 Å². The molecule has 172 valence electrons. The summed E-state index contributed by atoms with van der Waals surface area (Å²) in [5.41, 5.74) is 0.709. The van der Waals surface area contributed by atoms with E-state index in [2.05, 4.69) is 4.90 Å². The second kappa shape index (κ2) is 11.0. The van der Waals surface area contributed by atoms with Gasteiger partial charge in [-0.15, -0.1) is 0 Å². The zero-order chi connectivity index (χ0) is 23.9. The Balaban J connectivity index is 0.000000534. The summed E-state index contributed by atoms with van der Waals surface area (Å²) in [6, 6.07) is 13.0. The van der Waals surface area contributed by atoms with Crippen LogP contribution in [0.1, 0.15) is 5.56 Å². The summed E-state index contributed by atoms with van der Waals surface area (Å²) in [5.74, 6) is -3.65. The monoisotopic (exact) mass is 485 g/mol. The molecule has 0 aliphatic carbocycles. The molecule has 0 saturated carbocycles. The Labute approximate surface area is 188 Å². The van der Waals surface area contributed by atoms with Gasteiger partial charge in [-0.05, 0) is 23.8 Å². The zero-order valence-corrected chi connectivity index (χ0v) is 18.2. The smallest absolute Gasteiger partial charge is 0.414 e. The van der Waals surface area contributed by atoms with Crippen LogP contribution in [-0.2, 0) is 26.2 Å². The maximum atomic E-state index is 12.8. The van der Waals surface area contributed by atoms with Crippen LogP contribution in [0.4, 0.5) is 5.69 Å². The van der Waals surface area contributed by atoms with Gasteiger partial charge in [0.1, 0.15) is 0 Å². The first kappa shape index (κ1) is 25.2. The highest BCUT2D eigenvalue weighted by molar-refractivity contribution is 7.89. The fourth-order valence-corrected chi connectivity index (χ4v) is 4.65. The van der Waals surface area contributed by atoms with Gasteiger partial charge in [0.25, 0.3) is 5.69 Å². The van der Waals surface area contributed by atoms with Crippen molar-refractivity contribution in [2.45, 2.75) is 11.4 Å². The minimum atomic E-state index is -3.89. The molecular weight excluding hydrogens is 466 g/mol. The van der Waals surface area contributed by atoms with Crippen LogP contribution in [0.5, 0.6) is 0 Å². The second-order valence-electron chi connectivity index (χ2n) is 6.64. The summed E-state index contributed by atoms with van der Waals surface area (Å²) in [7, 11) is -3.89. The lowest BCUT2D eigenvalue weighted by molar-refractivity contribution is -0.387. The normalized spacial score (nSPS) is 14.8. The van der Waals surface area contributed by atoms with Crippen molar-refractivity contribution in [1.82, 2.24) is 9.21 Å². The van der Waals surface area contributed by atoms with Crippen molar-refractivity contribution >= 4 is 39.3 Å². The number of para-hydroxylation sites is 1. The lowest BCUT2D eigenvalue weighted by Gasteiger charge is -2.33. The first-order chi connectivity index (χ1) is 15.0. The Bertz CT molecular complexity index is 1070. The first-order valence-electron chi connectivity index (χ1n) is 9.19. The molecule has 2 aromatic rings. The number of benzene rings is 2. The molecule has 0 spiro atoms. The van der Waals surface area contributed by atoms with E-state index >= 15 is 0 Å². The standard InChI is InChI=1S/C17H18ClN3O4S.C2H2O4/c18-15-7-5-14(6-8-15)13-19-9-11-20(12-10-19)26(24,25)17-4-2-1-3-16(17)21(22)23;3-1(4)2(5)6/h1-8H,9-13H2;(H,3,4)(H,5,6). The molecule has 1 fully saturated rings. The topological polar surface area (TPSA) is 158 Å². The molecule has 3 rings (SSSR count). The zero-order valence-electron chi connectivity index (χ0n) is 16.6. The van der Waals surface area contributed by atoms with E-state index in [0.717, 1.165) is 5.56 Å². The molecule has 11 nitrogen and oxygen atoms in total. The third-order valence-corrected chi connectivity index (χ3v) is 6.71. The van der Waals surface area contributed by atoms with E-state index in [1.54, 1.807) is 0 Å². The van der Waals surface area contributed by atoms with E-state index in [1.807, 2.05) is 24.3 Å². The molecule has 13 heteroatoms. The van der Waals surface area contributed by atoms with Crippen LogP contribution in [0, 0.1) is 10.1 Å². The van der Waals surface area contributed by atoms with E-state index in [9.17, 15) is 18.5 Å². The molecule has 1 saturated heterocycles. The van der Waals surface area contributed by atoms with Crippen LogP contribution >= 0.6 is 11.6 Å². The van der Waals surface area contributed by atoms with Gasteiger partial charge in [0.05, 0.1) is 4.92 Å². The first-order valence-corrected chi connectivity index (χ1v) is 11.0. The number of aliphatic carboxylic acids is 2. The van der Waals surface area contributed by atoms with Crippen LogP contribution in [0.3, 0.4) is 0 Å². The summed E-state index contributed by atoms with van der Waals surface area (Å²) >= 11 is 5.88. The summed E-state index contributed by atoms with van der Waals surface area (Å²) in [5, 5.41) is 26.6. The Morgan fingerprint density at radius 1 is 0.969 bits per heavy atom. The number of nitro benzene ring substituents is 1. The Kier molecular flexibility index (Phi) is 8.66. The fourth-order valence-electron chi connectivity index (χ4n) is 2.94. The van der Waals surface area contributed by atoms with Gasteiger partial charge in [0.15, 0.2) is 4.90 Å².